The fraction of sp³-hybridized carbons (Fsp3) is 0.368. The summed E-state index contributed by atoms with van der Waals surface area (Å²) < 4.78 is 1.63. The standard InChI is InChI=1S/C19H24N6O2/c1-4-25-8-5-13-9-15(23-16-10-20-6-7-21-16)24-18(17(13)19(25)27)22-14(11-26)12(2)3/h5-10,12,14,26H,4,11H2,1-3H3,(H2,21,22,23,24). The zero-order valence-corrected chi connectivity index (χ0v) is 15.7. The van der Waals surface area contributed by atoms with Gasteiger partial charge in [-0.1, -0.05) is 13.8 Å². The second kappa shape index (κ2) is 8.13. The van der Waals surface area contributed by atoms with Crippen molar-refractivity contribution in [1.82, 2.24) is 19.5 Å². The van der Waals surface area contributed by atoms with Crippen molar-refractivity contribution in [3.05, 3.63) is 47.3 Å². The van der Waals surface area contributed by atoms with Gasteiger partial charge in [-0.25, -0.2) is 9.97 Å². The number of fused-ring (bicyclic) bond motifs is 1. The Morgan fingerprint density at radius 1 is 1.26 bits per heavy atom. The second-order valence-corrected chi connectivity index (χ2v) is 6.62. The van der Waals surface area contributed by atoms with Crippen molar-refractivity contribution in [2.24, 2.45) is 5.92 Å². The summed E-state index contributed by atoms with van der Waals surface area (Å²) in [5, 5.41) is 17.3. The van der Waals surface area contributed by atoms with Gasteiger partial charge < -0.3 is 20.3 Å². The number of nitrogens with zero attached hydrogens (tertiary/aromatic N) is 4. The Morgan fingerprint density at radius 2 is 2.07 bits per heavy atom. The van der Waals surface area contributed by atoms with Crippen LogP contribution in [0.2, 0.25) is 0 Å². The summed E-state index contributed by atoms with van der Waals surface area (Å²) in [6.45, 7) is 6.44. The molecule has 142 valence electrons. The van der Waals surface area contributed by atoms with Gasteiger partial charge in [-0.2, -0.15) is 0 Å². The molecule has 0 saturated carbocycles. The van der Waals surface area contributed by atoms with Crippen molar-refractivity contribution in [2.45, 2.75) is 33.4 Å². The Balaban J connectivity index is 2.13. The minimum absolute atomic E-state index is 0.0581. The molecule has 27 heavy (non-hydrogen) atoms. The van der Waals surface area contributed by atoms with Crippen LogP contribution in [0.15, 0.2) is 41.7 Å². The Kier molecular flexibility index (Phi) is 5.66. The maximum atomic E-state index is 12.9. The third-order valence-electron chi connectivity index (χ3n) is 4.44. The van der Waals surface area contributed by atoms with Gasteiger partial charge in [0.15, 0.2) is 0 Å². The number of hydrogen-bond acceptors (Lipinski definition) is 7. The minimum atomic E-state index is -0.220. The molecule has 0 aromatic carbocycles. The van der Waals surface area contributed by atoms with Crippen molar-refractivity contribution in [1.29, 1.82) is 0 Å². The van der Waals surface area contributed by atoms with Crippen LogP contribution in [0.1, 0.15) is 20.8 Å². The normalized spacial score (nSPS) is 12.3. The van der Waals surface area contributed by atoms with Crippen molar-refractivity contribution in [3.8, 4) is 0 Å². The lowest BCUT2D eigenvalue weighted by molar-refractivity contribution is 0.249. The molecule has 1 atom stereocenters. The summed E-state index contributed by atoms with van der Waals surface area (Å²) in [6, 6.07) is 3.47. The van der Waals surface area contributed by atoms with Gasteiger partial charge in [-0.15, -0.1) is 0 Å². The molecule has 0 fully saturated rings. The largest absolute Gasteiger partial charge is 0.394 e. The predicted octanol–water partition coefficient (Wildman–Crippen LogP) is 2.38. The van der Waals surface area contributed by atoms with Gasteiger partial charge in [0.25, 0.3) is 5.56 Å². The van der Waals surface area contributed by atoms with Crippen molar-refractivity contribution < 1.29 is 5.11 Å². The van der Waals surface area contributed by atoms with Gasteiger partial charge in [0.2, 0.25) is 0 Å². The maximum Gasteiger partial charge on any atom is 0.262 e. The van der Waals surface area contributed by atoms with Crippen molar-refractivity contribution >= 4 is 28.2 Å². The molecule has 0 aliphatic carbocycles. The molecule has 0 radical (unpaired) electrons. The lowest BCUT2D eigenvalue weighted by atomic mass is 10.1. The third kappa shape index (κ3) is 4.06. The van der Waals surface area contributed by atoms with Crippen molar-refractivity contribution in [2.75, 3.05) is 17.2 Å². The van der Waals surface area contributed by atoms with E-state index in [2.05, 4.69) is 25.6 Å². The van der Waals surface area contributed by atoms with E-state index in [1.54, 1.807) is 35.4 Å². The summed E-state index contributed by atoms with van der Waals surface area (Å²) in [7, 11) is 0. The molecule has 3 heterocycles. The first-order chi connectivity index (χ1) is 13.0. The smallest absolute Gasteiger partial charge is 0.262 e. The fourth-order valence-electron chi connectivity index (χ4n) is 2.81. The molecule has 3 aromatic heterocycles. The third-order valence-corrected chi connectivity index (χ3v) is 4.44. The van der Waals surface area contributed by atoms with E-state index in [0.717, 1.165) is 5.39 Å². The number of aliphatic hydroxyl groups is 1. The summed E-state index contributed by atoms with van der Waals surface area (Å²) in [5.41, 5.74) is -0.114. The summed E-state index contributed by atoms with van der Waals surface area (Å²) in [4.78, 5) is 25.7. The number of nitrogens with one attached hydrogen (secondary N) is 2. The molecule has 0 aliphatic heterocycles. The SMILES string of the molecule is CCn1ccc2cc(Nc3cnccn3)nc(NC(CO)C(C)C)c2c1=O. The molecule has 0 amide bonds. The summed E-state index contributed by atoms with van der Waals surface area (Å²) in [5.74, 6) is 1.71. The molecule has 0 spiro atoms. The van der Waals surface area contributed by atoms with E-state index in [-0.39, 0.29) is 24.1 Å². The van der Waals surface area contributed by atoms with Crippen LogP contribution >= 0.6 is 0 Å². The second-order valence-electron chi connectivity index (χ2n) is 6.62. The number of aryl methyl sites for hydroxylation is 1. The predicted molar refractivity (Wildman–Crippen MR) is 106 cm³/mol. The first-order valence-electron chi connectivity index (χ1n) is 8.98. The van der Waals surface area contributed by atoms with E-state index in [9.17, 15) is 9.90 Å². The molecule has 3 N–H and O–H groups in total. The van der Waals surface area contributed by atoms with Crippen LogP contribution in [0.4, 0.5) is 17.5 Å². The molecule has 3 aromatic rings. The molecule has 0 bridgehead atoms. The first kappa shape index (κ1) is 18.8. The number of anilines is 3. The number of rotatable bonds is 7. The van der Waals surface area contributed by atoms with Gasteiger partial charge in [0.1, 0.15) is 17.5 Å². The highest BCUT2D eigenvalue weighted by molar-refractivity contribution is 5.93. The molecular weight excluding hydrogens is 344 g/mol. The zero-order chi connectivity index (χ0) is 19.4. The molecule has 8 nitrogen and oxygen atoms in total. The average molecular weight is 368 g/mol. The lowest BCUT2D eigenvalue weighted by Gasteiger charge is -2.22. The highest BCUT2D eigenvalue weighted by Crippen LogP contribution is 2.25. The molecule has 3 rings (SSSR count). The Labute approximate surface area is 157 Å². The first-order valence-corrected chi connectivity index (χ1v) is 8.98. The number of aliphatic hydroxyl groups excluding tert-OH is 1. The minimum Gasteiger partial charge on any atom is -0.394 e. The van der Waals surface area contributed by atoms with E-state index in [4.69, 9.17) is 0 Å². The van der Waals surface area contributed by atoms with Crippen LogP contribution in [-0.2, 0) is 6.54 Å². The van der Waals surface area contributed by atoms with E-state index >= 15 is 0 Å². The number of hydrogen-bond donors (Lipinski definition) is 3. The van der Waals surface area contributed by atoms with Crippen LogP contribution in [0.5, 0.6) is 0 Å². The molecule has 0 aliphatic rings. The molecule has 1 unspecified atom stereocenters. The maximum absolute atomic E-state index is 12.9. The number of aromatic nitrogens is 4. The quantitative estimate of drug-likeness (QED) is 0.588. The van der Waals surface area contributed by atoms with Gasteiger partial charge in [-0.3, -0.25) is 9.78 Å². The van der Waals surface area contributed by atoms with Crippen molar-refractivity contribution in [3.63, 3.8) is 0 Å². The highest BCUT2D eigenvalue weighted by Gasteiger charge is 2.17. The van der Waals surface area contributed by atoms with Gasteiger partial charge in [0.05, 0.1) is 24.2 Å². The van der Waals surface area contributed by atoms with Gasteiger partial charge in [-0.05, 0) is 30.4 Å². The molecule has 0 saturated heterocycles. The Morgan fingerprint density at radius 3 is 2.70 bits per heavy atom. The summed E-state index contributed by atoms with van der Waals surface area (Å²) in [6.07, 6.45) is 6.54. The van der Waals surface area contributed by atoms with Crippen LogP contribution in [0.3, 0.4) is 0 Å². The monoisotopic (exact) mass is 368 g/mol. The lowest BCUT2D eigenvalue weighted by Crippen LogP contribution is -2.31. The summed E-state index contributed by atoms with van der Waals surface area (Å²) >= 11 is 0. The van der Waals surface area contributed by atoms with Crippen LogP contribution in [0.25, 0.3) is 10.8 Å². The average Bonchev–Trinajstić information content (AvgIpc) is 2.66. The topological polar surface area (TPSA) is 105 Å². The van der Waals surface area contributed by atoms with Gasteiger partial charge >= 0.3 is 0 Å². The van der Waals surface area contributed by atoms with Crippen LogP contribution < -0.4 is 16.2 Å². The van der Waals surface area contributed by atoms with E-state index in [0.29, 0.717) is 29.4 Å². The molecular formula is C19H24N6O2. The fourth-order valence-corrected chi connectivity index (χ4v) is 2.81. The Bertz CT molecular complexity index is 971. The number of pyridine rings is 2. The highest BCUT2D eigenvalue weighted by atomic mass is 16.3. The van der Waals surface area contributed by atoms with Crippen LogP contribution in [-0.4, -0.2) is 37.3 Å². The van der Waals surface area contributed by atoms with E-state index in [1.807, 2.05) is 26.8 Å². The van der Waals surface area contributed by atoms with E-state index < -0.39 is 0 Å². The van der Waals surface area contributed by atoms with E-state index in [1.165, 1.54) is 0 Å². The zero-order valence-electron chi connectivity index (χ0n) is 15.7. The molecule has 8 heteroatoms. The Hall–Kier alpha value is -3.00. The van der Waals surface area contributed by atoms with Crippen LogP contribution in [0, 0.1) is 5.92 Å². The van der Waals surface area contributed by atoms with Gasteiger partial charge in [0, 0.05) is 25.1 Å².